The van der Waals surface area contributed by atoms with E-state index in [9.17, 15) is 0 Å². The van der Waals surface area contributed by atoms with E-state index in [1.807, 2.05) is 16.8 Å². The molecule has 94 valence electrons. The second-order valence-electron chi connectivity index (χ2n) is 4.77. The maximum absolute atomic E-state index is 4.64. The van der Waals surface area contributed by atoms with Crippen molar-refractivity contribution < 1.29 is 0 Å². The third-order valence-electron chi connectivity index (χ3n) is 3.54. The number of pyridine rings is 1. The van der Waals surface area contributed by atoms with Crippen LogP contribution in [0.3, 0.4) is 0 Å². The number of nitrogens with one attached hydrogen (secondary N) is 1. The highest BCUT2D eigenvalue weighted by molar-refractivity contribution is 5.55. The average molecular weight is 243 g/mol. The zero-order valence-electron chi connectivity index (χ0n) is 10.7. The molecule has 0 bridgehead atoms. The van der Waals surface area contributed by atoms with Gasteiger partial charge in [-0.2, -0.15) is 4.98 Å². The summed E-state index contributed by atoms with van der Waals surface area (Å²) in [6.07, 6.45) is 4.61. The highest BCUT2D eigenvalue weighted by atomic mass is 15.4. The van der Waals surface area contributed by atoms with Crippen LogP contribution in [0.25, 0.3) is 11.4 Å². The normalized spacial score (nSPS) is 22.3. The minimum absolute atomic E-state index is 0.435. The average Bonchev–Trinajstić information content (AvgIpc) is 2.84. The maximum Gasteiger partial charge on any atom is 0.221 e. The summed E-state index contributed by atoms with van der Waals surface area (Å²) >= 11 is 0. The summed E-state index contributed by atoms with van der Waals surface area (Å²) in [4.78, 5) is 8.58. The summed E-state index contributed by atoms with van der Waals surface area (Å²) in [6.45, 7) is 5.41. The standard InChI is InChI=1S/C13H17N5/c1-3-11-9(2)8-15-13-16-12(17-18(11)13)10-4-6-14-7-5-10/h4-7,9,11H,3,8H2,1-2H3,(H,15,16,17). The molecule has 0 amide bonds. The molecule has 0 aliphatic carbocycles. The minimum Gasteiger partial charge on any atom is -0.354 e. The Labute approximate surface area is 106 Å². The van der Waals surface area contributed by atoms with E-state index in [0.717, 1.165) is 30.3 Å². The zero-order valence-corrected chi connectivity index (χ0v) is 10.7. The Morgan fingerprint density at radius 2 is 2.17 bits per heavy atom. The molecule has 1 N–H and O–H groups in total. The van der Waals surface area contributed by atoms with Gasteiger partial charge in [-0.25, -0.2) is 4.68 Å². The van der Waals surface area contributed by atoms with Gasteiger partial charge in [0.2, 0.25) is 5.95 Å². The van der Waals surface area contributed by atoms with E-state index in [-0.39, 0.29) is 0 Å². The van der Waals surface area contributed by atoms with Crippen molar-refractivity contribution in [3.05, 3.63) is 24.5 Å². The summed E-state index contributed by atoms with van der Waals surface area (Å²) in [6, 6.07) is 4.31. The van der Waals surface area contributed by atoms with Crippen LogP contribution < -0.4 is 5.32 Å². The number of hydrogen-bond donors (Lipinski definition) is 1. The van der Waals surface area contributed by atoms with Gasteiger partial charge in [-0.1, -0.05) is 13.8 Å². The lowest BCUT2D eigenvalue weighted by Crippen LogP contribution is -2.31. The molecule has 0 saturated heterocycles. The van der Waals surface area contributed by atoms with E-state index < -0.39 is 0 Å². The number of anilines is 1. The van der Waals surface area contributed by atoms with Crippen molar-refractivity contribution in [2.75, 3.05) is 11.9 Å². The molecular weight excluding hydrogens is 226 g/mol. The van der Waals surface area contributed by atoms with E-state index in [0.29, 0.717) is 12.0 Å². The lowest BCUT2D eigenvalue weighted by atomic mass is 9.98. The van der Waals surface area contributed by atoms with E-state index in [2.05, 4.69) is 34.2 Å². The van der Waals surface area contributed by atoms with Crippen LogP contribution in [0.15, 0.2) is 24.5 Å². The minimum atomic E-state index is 0.435. The van der Waals surface area contributed by atoms with Crippen molar-refractivity contribution in [1.29, 1.82) is 0 Å². The van der Waals surface area contributed by atoms with Crippen LogP contribution in [0.4, 0.5) is 5.95 Å². The highest BCUT2D eigenvalue weighted by Crippen LogP contribution is 2.30. The molecule has 5 heteroatoms. The Kier molecular flexibility index (Phi) is 2.74. The van der Waals surface area contributed by atoms with E-state index in [1.54, 1.807) is 12.4 Å². The van der Waals surface area contributed by atoms with Gasteiger partial charge in [0.05, 0.1) is 6.04 Å². The number of hydrogen-bond acceptors (Lipinski definition) is 4. The van der Waals surface area contributed by atoms with Crippen LogP contribution in [-0.2, 0) is 0 Å². The Morgan fingerprint density at radius 1 is 1.39 bits per heavy atom. The maximum atomic E-state index is 4.64. The van der Waals surface area contributed by atoms with Crippen LogP contribution in [-0.4, -0.2) is 26.3 Å². The van der Waals surface area contributed by atoms with Gasteiger partial charge in [0, 0.05) is 24.5 Å². The Morgan fingerprint density at radius 3 is 2.89 bits per heavy atom. The third-order valence-corrected chi connectivity index (χ3v) is 3.54. The molecule has 0 spiro atoms. The van der Waals surface area contributed by atoms with Gasteiger partial charge in [-0.15, -0.1) is 5.10 Å². The first kappa shape index (κ1) is 11.2. The van der Waals surface area contributed by atoms with Crippen molar-refractivity contribution in [3.8, 4) is 11.4 Å². The smallest absolute Gasteiger partial charge is 0.221 e. The molecule has 18 heavy (non-hydrogen) atoms. The predicted molar refractivity (Wildman–Crippen MR) is 70.2 cm³/mol. The Balaban J connectivity index is 2.02. The molecule has 0 radical (unpaired) electrons. The molecule has 0 fully saturated rings. The van der Waals surface area contributed by atoms with Crippen molar-refractivity contribution in [2.24, 2.45) is 5.92 Å². The molecule has 2 aromatic heterocycles. The molecule has 3 rings (SSSR count). The molecule has 2 atom stereocenters. The topological polar surface area (TPSA) is 55.6 Å². The second-order valence-corrected chi connectivity index (χ2v) is 4.77. The summed E-state index contributed by atoms with van der Waals surface area (Å²) in [5.41, 5.74) is 1.01. The molecule has 5 nitrogen and oxygen atoms in total. The number of nitrogens with zero attached hydrogens (tertiary/aromatic N) is 4. The van der Waals surface area contributed by atoms with Crippen LogP contribution in [0.1, 0.15) is 26.3 Å². The quantitative estimate of drug-likeness (QED) is 0.879. The Hall–Kier alpha value is -1.91. The fourth-order valence-corrected chi connectivity index (χ4v) is 2.50. The van der Waals surface area contributed by atoms with Crippen molar-refractivity contribution >= 4 is 5.95 Å². The largest absolute Gasteiger partial charge is 0.354 e. The van der Waals surface area contributed by atoms with Gasteiger partial charge in [-0.3, -0.25) is 4.98 Å². The number of rotatable bonds is 2. The fraction of sp³-hybridized carbons (Fsp3) is 0.462. The number of aromatic nitrogens is 4. The zero-order chi connectivity index (χ0) is 12.5. The summed E-state index contributed by atoms with van der Waals surface area (Å²) in [7, 11) is 0. The van der Waals surface area contributed by atoms with Crippen molar-refractivity contribution in [3.63, 3.8) is 0 Å². The van der Waals surface area contributed by atoms with Crippen molar-refractivity contribution in [1.82, 2.24) is 19.7 Å². The van der Waals surface area contributed by atoms with Gasteiger partial charge in [0.1, 0.15) is 0 Å². The van der Waals surface area contributed by atoms with Gasteiger partial charge in [0.15, 0.2) is 5.82 Å². The van der Waals surface area contributed by atoms with Gasteiger partial charge in [-0.05, 0) is 24.5 Å². The van der Waals surface area contributed by atoms with Gasteiger partial charge < -0.3 is 5.32 Å². The molecule has 0 saturated carbocycles. The monoisotopic (exact) mass is 243 g/mol. The first-order valence-corrected chi connectivity index (χ1v) is 6.40. The van der Waals surface area contributed by atoms with Gasteiger partial charge >= 0.3 is 0 Å². The van der Waals surface area contributed by atoms with Crippen LogP contribution in [0.5, 0.6) is 0 Å². The predicted octanol–water partition coefficient (Wildman–Crippen LogP) is 2.35. The molecule has 2 aromatic rings. The molecule has 3 heterocycles. The lowest BCUT2D eigenvalue weighted by molar-refractivity contribution is 0.312. The summed E-state index contributed by atoms with van der Waals surface area (Å²) in [5, 5.41) is 7.98. The van der Waals surface area contributed by atoms with Crippen LogP contribution in [0.2, 0.25) is 0 Å². The van der Waals surface area contributed by atoms with Gasteiger partial charge in [0.25, 0.3) is 0 Å². The number of fused-ring (bicyclic) bond motifs is 1. The third kappa shape index (κ3) is 1.75. The Bertz CT molecular complexity index is 534. The molecule has 1 aliphatic heterocycles. The lowest BCUT2D eigenvalue weighted by Gasteiger charge is -2.29. The van der Waals surface area contributed by atoms with E-state index in [1.165, 1.54) is 0 Å². The summed E-state index contributed by atoms with van der Waals surface area (Å²) in [5.74, 6) is 2.23. The highest BCUT2D eigenvalue weighted by Gasteiger charge is 2.27. The van der Waals surface area contributed by atoms with Crippen LogP contribution in [0, 0.1) is 5.92 Å². The second kappa shape index (κ2) is 4.40. The van der Waals surface area contributed by atoms with E-state index >= 15 is 0 Å². The SMILES string of the molecule is CCC1C(C)CNc2nc(-c3ccncc3)nn21. The first-order valence-electron chi connectivity index (χ1n) is 6.40. The first-order chi connectivity index (χ1) is 8.79. The fourth-order valence-electron chi connectivity index (χ4n) is 2.50. The van der Waals surface area contributed by atoms with E-state index in [4.69, 9.17) is 0 Å². The molecular formula is C13H17N5. The van der Waals surface area contributed by atoms with Crippen LogP contribution >= 0.6 is 0 Å². The van der Waals surface area contributed by atoms with Crippen molar-refractivity contribution in [2.45, 2.75) is 26.3 Å². The molecule has 1 aliphatic rings. The molecule has 0 aromatic carbocycles. The summed E-state index contributed by atoms with van der Waals surface area (Å²) < 4.78 is 2.03. The molecule has 2 unspecified atom stereocenters.